The van der Waals surface area contributed by atoms with Gasteiger partial charge in [-0.1, -0.05) is 39.0 Å². The zero-order valence-electron chi connectivity index (χ0n) is 15.2. The first-order valence-corrected chi connectivity index (χ1v) is 8.29. The molecule has 0 spiro atoms. The van der Waals surface area contributed by atoms with Crippen molar-refractivity contribution >= 4 is 28.7 Å². The van der Waals surface area contributed by atoms with Gasteiger partial charge in [0, 0.05) is 11.6 Å². The summed E-state index contributed by atoms with van der Waals surface area (Å²) in [6.07, 6.45) is 1.54. The van der Waals surface area contributed by atoms with Crippen molar-refractivity contribution in [1.82, 2.24) is 15.6 Å². The fourth-order valence-electron chi connectivity index (χ4n) is 2.54. The Hall–Kier alpha value is -2.96. The maximum Gasteiger partial charge on any atom is 0.325 e. The maximum absolute atomic E-state index is 12.8. The summed E-state index contributed by atoms with van der Waals surface area (Å²) in [4.78, 5) is 40.5. The van der Waals surface area contributed by atoms with Gasteiger partial charge in [0.15, 0.2) is 0 Å². The highest BCUT2D eigenvalue weighted by Gasteiger charge is 2.34. The van der Waals surface area contributed by atoms with Crippen LogP contribution in [0.4, 0.5) is 0 Å². The molecular weight excluding hydrogens is 334 g/mol. The van der Waals surface area contributed by atoms with Crippen LogP contribution in [0.1, 0.15) is 38.1 Å². The van der Waals surface area contributed by atoms with Crippen molar-refractivity contribution in [2.24, 2.45) is 5.41 Å². The molecule has 0 aliphatic heterocycles. The molecule has 2 unspecified atom stereocenters. The van der Waals surface area contributed by atoms with Crippen molar-refractivity contribution in [3.63, 3.8) is 0 Å². The van der Waals surface area contributed by atoms with Crippen LogP contribution in [0, 0.1) is 5.41 Å². The maximum atomic E-state index is 12.8. The predicted octanol–water partition coefficient (Wildman–Crippen LogP) is 1.97. The second kappa shape index (κ2) is 7.51. The molecule has 2 atom stereocenters. The molecule has 1 aromatic heterocycles. The van der Waals surface area contributed by atoms with Gasteiger partial charge in [-0.3, -0.25) is 19.4 Å². The second-order valence-corrected chi connectivity index (χ2v) is 7.22. The molecule has 0 aliphatic rings. The van der Waals surface area contributed by atoms with Gasteiger partial charge in [-0.2, -0.15) is 0 Å². The number of fused-ring (bicyclic) bond motifs is 1. The fourth-order valence-corrected chi connectivity index (χ4v) is 2.54. The van der Waals surface area contributed by atoms with Crippen molar-refractivity contribution in [2.75, 3.05) is 0 Å². The average Bonchev–Trinajstić information content (AvgIpc) is 2.57. The molecule has 0 saturated heterocycles. The number of nitrogens with one attached hydrogen (secondary N) is 2. The van der Waals surface area contributed by atoms with E-state index in [2.05, 4.69) is 15.6 Å². The summed E-state index contributed by atoms with van der Waals surface area (Å²) < 4.78 is 0. The van der Waals surface area contributed by atoms with Crippen LogP contribution in [0.3, 0.4) is 0 Å². The normalized spacial score (nSPS) is 13.7. The molecule has 1 aromatic carbocycles. The molecule has 0 bridgehead atoms. The van der Waals surface area contributed by atoms with Crippen molar-refractivity contribution in [3.8, 4) is 0 Å². The monoisotopic (exact) mass is 357 g/mol. The Morgan fingerprint density at radius 1 is 1.08 bits per heavy atom. The lowest BCUT2D eigenvalue weighted by molar-refractivity contribution is -0.142. The van der Waals surface area contributed by atoms with Crippen LogP contribution >= 0.6 is 0 Å². The fraction of sp³-hybridized carbons (Fsp3) is 0.368. The third-order valence-electron chi connectivity index (χ3n) is 4.03. The predicted molar refractivity (Wildman–Crippen MR) is 97.7 cm³/mol. The number of carboxylic acid groups (broad SMARTS) is 1. The van der Waals surface area contributed by atoms with Crippen molar-refractivity contribution in [3.05, 3.63) is 42.1 Å². The highest BCUT2D eigenvalue weighted by atomic mass is 16.4. The van der Waals surface area contributed by atoms with Crippen LogP contribution in [0.5, 0.6) is 0 Å². The molecule has 1 heterocycles. The van der Waals surface area contributed by atoms with Crippen LogP contribution in [0.2, 0.25) is 0 Å². The van der Waals surface area contributed by atoms with E-state index in [1.165, 1.54) is 13.1 Å². The Morgan fingerprint density at radius 2 is 1.73 bits per heavy atom. The number of hydrogen-bond acceptors (Lipinski definition) is 4. The van der Waals surface area contributed by atoms with Crippen LogP contribution in [0.25, 0.3) is 10.9 Å². The molecule has 0 fully saturated rings. The minimum atomic E-state index is -1.14. The first kappa shape index (κ1) is 19.4. The number of nitrogens with zero attached hydrogens (tertiary/aromatic N) is 1. The number of carboxylic acids is 1. The van der Waals surface area contributed by atoms with Gasteiger partial charge in [-0.05, 0) is 24.5 Å². The molecule has 2 aromatic rings. The molecule has 138 valence electrons. The number of hydrogen-bond donors (Lipinski definition) is 3. The summed E-state index contributed by atoms with van der Waals surface area (Å²) in [5.41, 5.74) is 0.473. The lowest BCUT2D eigenvalue weighted by atomic mass is 9.85. The third-order valence-corrected chi connectivity index (χ3v) is 4.03. The van der Waals surface area contributed by atoms with Gasteiger partial charge in [0.2, 0.25) is 5.91 Å². The average molecular weight is 357 g/mol. The molecule has 0 saturated carbocycles. The SMILES string of the molecule is CC(NC(=O)C(NC(=O)c1ccnc2ccccc12)C(C)(C)C)C(=O)O. The van der Waals surface area contributed by atoms with E-state index < -0.39 is 35.3 Å². The van der Waals surface area contributed by atoms with Gasteiger partial charge in [-0.15, -0.1) is 0 Å². The van der Waals surface area contributed by atoms with E-state index in [1.807, 2.05) is 12.1 Å². The number of carbonyl (C=O) groups excluding carboxylic acids is 2. The van der Waals surface area contributed by atoms with Gasteiger partial charge in [-0.25, -0.2) is 0 Å². The van der Waals surface area contributed by atoms with E-state index in [0.29, 0.717) is 16.5 Å². The number of pyridine rings is 1. The van der Waals surface area contributed by atoms with E-state index in [1.54, 1.807) is 39.0 Å². The van der Waals surface area contributed by atoms with E-state index >= 15 is 0 Å². The quantitative estimate of drug-likeness (QED) is 0.758. The Morgan fingerprint density at radius 3 is 2.35 bits per heavy atom. The minimum Gasteiger partial charge on any atom is -0.480 e. The zero-order valence-corrected chi connectivity index (χ0v) is 15.2. The Bertz CT molecular complexity index is 837. The van der Waals surface area contributed by atoms with E-state index in [4.69, 9.17) is 5.11 Å². The zero-order chi connectivity index (χ0) is 19.5. The Labute approximate surface area is 151 Å². The molecule has 2 rings (SSSR count). The number of rotatable bonds is 5. The number of aromatic nitrogens is 1. The Balaban J connectivity index is 2.29. The second-order valence-electron chi connectivity index (χ2n) is 7.22. The number of benzene rings is 1. The van der Waals surface area contributed by atoms with E-state index in [-0.39, 0.29) is 0 Å². The topological polar surface area (TPSA) is 108 Å². The third kappa shape index (κ3) is 4.36. The largest absolute Gasteiger partial charge is 0.480 e. The molecule has 3 N–H and O–H groups in total. The van der Waals surface area contributed by atoms with Crippen molar-refractivity contribution in [2.45, 2.75) is 39.8 Å². The molecule has 26 heavy (non-hydrogen) atoms. The Kier molecular flexibility index (Phi) is 5.59. The first-order chi connectivity index (χ1) is 12.1. The molecule has 0 aliphatic carbocycles. The number of carbonyl (C=O) groups is 3. The smallest absolute Gasteiger partial charge is 0.325 e. The first-order valence-electron chi connectivity index (χ1n) is 8.29. The molecule has 7 heteroatoms. The van der Waals surface area contributed by atoms with E-state index in [9.17, 15) is 14.4 Å². The standard InChI is InChI=1S/C19H23N3O4/c1-11(18(25)26)21-17(24)15(19(2,3)4)22-16(23)13-9-10-20-14-8-6-5-7-12(13)14/h5-11,15H,1-4H3,(H,21,24)(H,22,23)(H,25,26). The minimum absolute atomic E-state index is 0.406. The summed E-state index contributed by atoms with van der Waals surface area (Å²) in [5.74, 6) is -2.10. The highest BCUT2D eigenvalue weighted by Crippen LogP contribution is 2.22. The molecular formula is C19H23N3O4. The highest BCUT2D eigenvalue weighted by molar-refractivity contribution is 6.07. The molecule has 0 radical (unpaired) electrons. The summed E-state index contributed by atoms with van der Waals surface area (Å²) >= 11 is 0. The van der Waals surface area contributed by atoms with Crippen molar-refractivity contribution in [1.29, 1.82) is 0 Å². The van der Waals surface area contributed by atoms with Gasteiger partial charge in [0.1, 0.15) is 12.1 Å². The number of amides is 2. The van der Waals surface area contributed by atoms with Gasteiger partial charge < -0.3 is 15.7 Å². The summed E-state index contributed by atoms with van der Waals surface area (Å²) in [6, 6.07) is 6.87. The molecule has 7 nitrogen and oxygen atoms in total. The van der Waals surface area contributed by atoms with Gasteiger partial charge in [0.25, 0.3) is 5.91 Å². The van der Waals surface area contributed by atoms with Gasteiger partial charge in [0.05, 0.1) is 11.1 Å². The molecule has 2 amide bonds. The summed E-state index contributed by atoms with van der Waals surface area (Å²) in [6.45, 7) is 6.77. The van der Waals surface area contributed by atoms with Crippen LogP contribution in [-0.4, -0.2) is 40.0 Å². The number of aliphatic carboxylic acids is 1. The van der Waals surface area contributed by atoms with Gasteiger partial charge >= 0.3 is 5.97 Å². The van der Waals surface area contributed by atoms with Crippen molar-refractivity contribution < 1.29 is 19.5 Å². The van der Waals surface area contributed by atoms with Crippen LogP contribution in [0.15, 0.2) is 36.5 Å². The summed E-state index contributed by atoms with van der Waals surface area (Å²) in [7, 11) is 0. The van der Waals surface area contributed by atoms with E-state index in [0.717, 1.165) is 0 Å². The van der Waals surface area contributed by atoms with Crippen LogP contribution in [-0.2, 0) is 9.59 Å². The lowest BCUT2D eigenvalue weighted by Crippen LogP contribution is -2.56. The van der Waals surface area contributed by atoms with Crippen LogP contribution < -0.4 is 10.6 Å². The summed E-state index contributed by atoms with van der Waals surface area (Å²) in [5, 5.41) is 14.8. The number of para-hydroxylation sites is 1. The lowest BCUT2D eigenvalue weighted by Gasteiger charge is -2.31.